The first kappa shape index (κ1) is 20.1. The standard InChI is InChI=1S/C17H26INO4/c1-6-10-22-17(23-11-8-19-18-5)14(4)12(2)16(21)13(3)15(17)7-9-20/h7,9,20-21H,4,6,8,10-11H2,1-3,5H3/b9-7+. The van der Waals surface area contributed by atoms with Crippen LogP contribution in [-0.2, 0) is 9.47 Å². The van der Waals surface area contributed by atoms with Crippen LogP contribution in [-0.4, -0.2) is 40.7 Å². The quantitative estimate of drug-likeness (QED) is 0.191. The molecule has 0 amide bonds. The first-order chi connectivity index (χ1) is 11.0. The van der Waals surface area contributed by atoms with E-state index >= 15 is 0 Å². The van der Waals surface area contributed by atoms with E-state index in [2.05, 4.69) is 14.7 Å². The van der Waals surface area contributed by atoms with Crippen molar-refractivity contribution in [2.24, 2.45) is 3.15 Å². The summed E-state index contributed by atoms with van der Waals surface area (Å²) in [5.41, 5.74) is 2.35. The van der Waals surface area contributed by atoms with Gasteiger partial charge in [0, 0.05) is 16.7 Å². The highest BCUT2D eigenvalue weighted by Gasteiger charge is 2.44. The van der Waals surface area contributed by atoms with E-state index in [1.165, 1.54) is 6.08 Å². The third-order valence-corrected chi connectivity index (χ3v) is 4.83. The van der Waals surface area contributed by atoms with E-state index in [0.717, 1.165) is 12.7 Å². The summed E-state index contributed by atoms with van der Waals surface area (Å²) in [6, 6.07) is 0. The van der Waals surface area contributed by atoms with Gasteiger partial charge < -0.3 is 19.7 Å². The van der Waals surface area contributed by atoms with Crippen molar-refractivity contribution in [1.82, 2.24) is 0 Å². The predicted molar refractivity (Wildman–Crippen MR) is 101 cm³/mol. The molecule has 0 aromatic heterocycles. The number of alkyl halides is 1. The largest absolute Gasteiger partial charge is 0.516 e. The fourth-order valence-corrected chi connectivity index (χ4v) is 3.12. The first-order valence-electron chi connectivity index (χ1n) is 7.51. The molecule has 0 aromatic carbocycles. The van der Waals surface area contributed by atoms with Gasteiger partial charge in [-0.2, -0.15) is 0 Å². The van der Waals surface area contributed by atoms with Crippen LogP contribution in [0.25, 0.3) is 0 Å². The molecule has 0 heterocycles. The summed E-state index contributed by atoms with van der Waals surface area (Å²) < 4.78 is 16.5. The van der Waals surface area contributed by atoms with Crippen LogP contribution in [0.3, 0.4) is 0 Å². The predicted octanol–water partition coefficient (Wildman–Crippen LogP) is 4.70. The monoisotopic (exact) mass is 435 g/mol. The molecule has 6 heteroatoms. The van der Waals surface area contributed by atoms with E-state index in [1.54, 1.807) is 13.8 Å². The van der Waals surface area contributed by atoms with Crippen molar-refractivity contribution in [1.29, 1.82) is 0 Å². The zero-order valence-electron chi connectivity index (χ0n) is 14.2. The lowest BCUT2D eigenvalue weighted by atomic mass is 9.82. The number of hydrogen-bond acceptors (Lipinski definition) is 5. The summed E-state index contributed by atoms with van der Waals surface area (Å²) in [6.45, 7) is 11.1. The molecule has 1 aliphatic carbocycles. The second-order valence-electron chi connectivity index (χ2n) is 5.13. The Kier molecular flexibility index (Phi) is 8.15. The van der Waals surface area contributed by atoms with Gasteiger partial charge in [-0.25, -0.2) is 0 Å². The van der Waals surface area contributed by atoms with Gasteiger partial charge in [0.05, 0.1) is 26.0 Å². The van der Waals surface area contributed by atoms with Crippen molar-refractivity contribution in [2.75, 3.05) is 24.7 Å². The molecule has 130 valence electrons. The molecule has 0 spiro atoms. The van der Waals surface area contributed by atoms with Crippen molar-refractivity contribution in [3.8, 4) is 0 Å². The van der Waals surface area contributed by atoms with E-state index in [0.29, 0.717) is 42.1 Å². The van der Waals surface area contributed by atoms with Crippen LogP contribution in [0.15, 0.2) is 50.1 Å². The highest BCUT2D eigenvalue weighted by molar-refractivity contribution is 14.2. The number of rotatable bonds is 8. The fraction of sp³-hybridized carbons (Fsp3) is 0.529. The van der Waals surface area contributed by atoms with Crippen LogP contribution >= 0.6 is 21.0 Å². The zero-order chi connectivity index (χ0) is 17.5. The lowest BCUT2D eigenvalue weighted by Crippen LogP contribution is -2.43. The molecule has 0 saturated heterocycles. The normalized spacial score (nSPS) is 23.2. The van der Waals surface area contributed by atoms with E-state index in [4.69, 9.17) is 9.47 Å². The van der Waals surface area contributed by atoms with E-state index in [9.17, 15) is 10.2 Å². The minimum atomic E-state index is -1.20. The topological polar surface area (TPSA) is 71.3 Å². The Hall–Kier alpha value is -0.990. The van der Waals surface area contributed by atoms with Crippen LogP contribution in [0.1, 0.15) is 27.2 Å². The van der Waals surface area contributed by atoms with Crippen LogP contribution in [0.4, 0.5) is 0 Å². The van der Waals surface area contributed by atoms with E-state index in [-0.39, 0.29) is 26.8 Å². The second kappa shape index (κ2) is 9.34. The summed E-state index contributed by atoms with van der Waals surface area (Å²) in [5, 5.41) is 19.6. The number of allylic oxidation sites excluding steroid dienone is 1. The van der Waals surface area contributed by atoms with Crippen LogP contribution in [0.5, 0.6) is 0 Å². The Bertz CT molecular complexity index is 563. The average molecular weight is 435 g/mol. The molecule has 1 unspecified atom stereocenters. The van der Waals surface area contributed by atoms with Crippen LogP contribution in [0, 0.1) is 0 Å². The van der Waals surface area contributed by atoms with Gasteiger partial charge >= 0.3 is 0 Å². The van der Waals surface area contributed by atoms with Crippen LogP contribution < -0.4 is 0 Å². The minimum absolute atomic E-state index is 0.141. The van der Waals surface area contributed by atoms with Gasteiger partial charge in [-0.1, -0.05) is 13.5 Å². The Morgan fingerprint density at radius 1 is 1.26 bits per heavy atom. The van der Waals surface area contributed by atoms with E-state index in [1.807, 2.05) is 6.92 Å². The molecule has 0 bridgehead atoms. The number of ether oxygens (including phenoxy) is 2. The molecular formula is C17H26INO4. The van der Waals surface area contributed by atoms with Gasteiger partial charge in [0.2, 0.25) is 5.79 Å². The van der Waals surface area contributed by atoms with Gasteiger partial charge in [0.15, 0.2) is 0 Å². The number of aliphatic hydroxyl groups is 2. The SMILES string of the molecule is C=C1C(C)=C(O)C(C)=C(/C=C/O)C1(OCCC)OCCN=IC. The smallest absolute Gasteiger partial charge is 0.222 e. The maximum Gasteiger partial charge on any atom is 0.222 e. The highest BCUT2D eigenvalue weighted by Crippen LogP contribution is 2.43. The minimum Gasteiger partial charge on any atom is -0.516 e. The first-order valence-corrected chi connectivity index (χ1v) is 10.6. The molecule has 0 aliphatic heterocycles. The number of nitrogens with zero attached hydrogens (tertiary/aromatic N) is 1. The zero-order valence-corrected chi connectivity index (χ0v) is 16.4. The Morgan fingerprint density at radius 3 is 2.48 bits per heavy atom. The molecule has 0 aromatic rings. The number of aliphatic hydroxyl groups excluding tert-OH is 2. The summed E-state index contributed by atoms with van der Waals surface area (Å²) in [7, 11) is 0. The number of hydrogen-bond donors (Lipinski definition) is 2. The van der Waals surface area contributed by atoms with Gasteiger partial charge in [-0.3, -0.25) is 3.15 Å². The molecular weight excluding hydrogens is 409 g/mol. The molecule has 1 atom stereocenters. The Labute approximate surface area is 148 Å². The summed E-state index contributed by atoms with van der Waals surface area (Å²) in [6.07, 6.45) is 3.23. The van der Waals surface area contributed by atoms with Gasteiger partial charge in [-0.05, 0) is 57.9 Å². The van der Waals surface area contributed by atoms with Gasteiger partial charge in [0.25, 0.3) is 0 Å². The molecule has 0 saturated carbocycles. The third-order valence-electron chi connectivity index (χ3n) is 3.67. The van der Waals surface area contributed by atoms with Crippen molar-refractivity contribution in [2.45, 2.75) is 33.0 Å². The molecule has 0 radical (unpaired) electrons. The molecule has 2 N–H and O–H groups in total. The number of halogens is 1. The lowest BCUT2D eigenvalue weighted by molar-refractivity contribution is -0.182. The summed E-state index contributed by atoms with van der Waals surface area (Å²) >= 11 is -0.141. The maximum atomic E-state index is 10.3. The molecule has 1 aliphatic rings. The molecule has 23 heavy (non-hydrogen) atoms. The third kappa shape index (κ3) is 4.30. The van der Waals surface area contributed by atoms with Crippen molar-refractivity contribution in [3.63, 3.8) is 0 Å². The molecule has 5 nitrogen and oxygen atoms in total. The maximum absolute atomic E-state index is 10.3. The fourth-order valence-electron chi connectivity index (χ4n) is 2.44. The van der Waals surface area contributed by atoms with Gasteiger partial charge in [-0.15, -0.1) is 0 Å². The molecule has 1 rings (SSSR count). The lowest BCUT2D eigenvalue weighted by Gasteiger charge is -2.40. The van der Waals surface area contributed by atoms with E-state index < -0.39 is 5.79 Å². The second-order valence-corrected chi connectivity index (χ2v) is 6.78. The Balaban J connectivity index is 3.34. The summed E-state index contributed by atoms with van der Waals surface area (Å²) in [4.78, 5) is 2.08. The highest BCUT2D eigenvalue weighted by atomic mass is 127. The van der Waals surface area contributed by atoms with Crippen molar-refractivity contribution < 1.29 is 19.7 Å². The summed E-state index contributed by atoms with van der Waals surface area (Å²) in [5.74, 6) is -1.05. The van der Waals surface area contributed by atoms with Crippen LogP contribution in [0.2, 0.25) is 0 Å². The van der Waals surface area contributed by atoms with Crippen molar-refractivity contribution >= 4 is 21.0 Å². The van der Waals surface area contributed by atoms with Crippen molar-refractivity contribution in [3.05, 3.63) is 47.0 Å². The molecule has 0 fully saturated rings. The average Bonchev–Trinajstić information content (AvgIpc) is 2.56. The van der Waals surface area contributed by atoms with Gasteiger partial charge in [0.1, 0.15) is 5.76 Å². The Morgan fingerprint density at radius 2 is 1.91 bits per heavy atom.